The first-order valence-corrected chi connectivity index (χ1v) is 25.2. The van der Waals surface area contributed by atoms with Crippen molar-refractivity contribution in [3.05, 3.63) is 262 Å². The van der Waals surface area contributed by atoms with Crippen molar-refractivity contribution in [1.29, 1.82) is 0 Å². The van der Waals surface area contributed by atoms with Gasteiger partial charge in [0.2, 0.25) is 6.08 Å². The van der Waals surface area contributed by atoms with Crippen LogP contribution in [0.4, 0.5) is 53.9 Å². The van der Waals surface area contributed by atoms with Crippen LogP contribution >= 0.6 is 15.9 Å². The number of alkyl halides is 7. The normalized spacial score (nSPS) is 13.6. The van der Waals surface area contributed by atoms with Crippen LogP contribution in [0, 0.1) is 20.8 Å². The fourth-order valence-electron chi connectivity index (χ4n) is 7.44. The Labute approximate surface area is 457 Å². The number of nitrogens with zero attached hydrogens (tertiary/aromatic N) is 3. The smallest absolute Gasteiger partial charge is 0.399 e. The zero-order valence-electron chi connectivity index (χ0n) is 42.7. The molecule has 2 amide bonds. The molecule has 0 radical (unpaired) electrons. The third-order valence-corrected chi connectivity index (χ3v) is 12.2. The Kier molecular flexibility index (Phi) is 22.2. The van der Waals surface area contributed by atoms with Gasteiger partial charge in [0.25, 0.3) is 0 Å². The molecule has 3 N–H and O–H groups in total. The van der Waals surface area contributed by atoms with Crippen LogP contribution in [-0.2, 0) is 29.3 Å². The molecule has 0 aromatic heterocycles. The van der Waals surface area contributed by atoms with Crippen LogP contribution in [0.15, 0.2) is 217 Å². The fraction of sp³-hybridized carbons (Fsp3) is 0.161. The molecular weight excluding hydrogens is 1070 g/mol. The van der Waals surface area contributed by atoms with Crippen LogP contribution in [0.5, 0.6) is 0 Å². The highest BCUT2D eigenvalue weighted by Crippen LogP contribution is 2.41. The molecule has 0 spiro atoms. The number of carbonyl (C=O) groups is 3. The Morgan fingerprint density at radius 1 is 0.590 bits per heavy atom. The van der Waals surface area contributed by atoms with Gasteiger partial charge in [-0.05, 0) is 106 Å². The van der Waals surface area contributed by atoms with E-state index in [0.29, 0.717) is 34.3 Å². The van der Waals surface area contributed by atoms with Crippen molar-refractivity contribution in [2.24, 2.45) is 4.99 Å². The maximum absolute atomic E-state index is 13.3. The van der Waals surface area contributed by atoms with E-state index in [-0.39, 0.29) is 30.2 Å². The summed E-state index contributed by atoms with van der Waals surface area (Å²) in [5, 5.41) is 12.0. The summed E-state index contributed by atoms with van der Waals surface area (Å²) in [6.45, 7) is 5.80. The third-order valence-electron chi connectivity index (χ3n) is 11.7. The van der Waals surface area contributed by atoms with E-state index in [0.717, 1.165) is 52.2 Å². The lowest BCUT2D eigenvalue weighted by atomic mass is 10.0. The van der Waals surface area contributed by atoms with Crippen molar-refractivity contribution < 1.29 is 50.6 Å². The number of rotatable bonds is 10. The minimum Gasteiger partial charge on any atom is -0.399 e. The van der Waals surface area contributed by atoms with Crippen LogP contribution < -0.4 is 15.5 Å². The number of β-amino-alcohol motifs (C(OH)–C–C–N with tert-alkyl or cyclic N) is 1. The van der Waals surface area contributed by atoms with Gasteiger partial charge in [0.1, 0.15) is 0 Å². The Hall–Kier alpha value is -8.43. The Bertz CT molecular complexity index is 3180. The van der Waals surface area contributed by atoms with Crippen LogP contribution in [0.3, 0.4) is 0 Å². The molecule has 16 heteroatoms. The lowest BCUT2D eigenvalue weighted by molar-refractivity contribution is -0.138. The third kappa shape index (κ3) is 18.1. The molecule has 1 heterocycles. The maximum Gasteiger partial charge on any atom is 0.416 e. The molecule has 9 rings (SSSR count). The van der Waals surface area contributed by atoms with Crippen molar-refractivity contribution in [2.75, 3.05) is 27.4 Å². The summed E-state index contributed by atoms with van der Waals surface area (Å²) in [7, 11) is 0. The van der Waals surface area contributed by atoms with Gasteiger partial charge in [-0.1, -0.05) is 172 Å². The number of benzene rings is 8. The summed E-state index contributed by atoms with van der Waals surface area (Å²) in [4.78, 5) is 51.9. The number of hydrogen-bond acceptors (Lipinski definition) is 7. The van der Waals surface area contributed by atoms with Gasteiger partial charge < -0.3 is 10.8 Å². The summed E-state index contributed by atoms with van der Waals surface area (Å²) >= 11 is 3.10. The van der Waals surface area contributed by atoms with Crippen molar-refractivity contribution >= 4 is 62.4 Å². The monoisotopic (exact) mass is 1130 g/mol. The van der Waals surface area contributed by atoms with Gasteiger partial charge in [-0.15, -0.1) is 0 Å². The van der Waals surface area contributed by atoms with Crippen LogP contribution in [0.2, 0.25) is 0 Å². The molecule has 1 atom stereocenters. The van der Waals surface area contributed by atoms with E-state index < -0.39 is 35.2 Å². The number of anilines is 3. The minimum absolute atomic E-state index is 0.00880. The van der Waals surface area contributed by atoms with Crippen LogP contribution in [0.1, 0.15) is 66.1 Å². The Morgan fingerprint density at radius 3 is 1.44 bits per heavy atom. The number of nitrogens with two attached hydrogens (primary N) is 1. The number of aliphatic imine (C=N–C) groups is 1. The van der Waals surface area contributed by atoms with Gasteiger partial charge in [-0.2, -0.15) is 31.3 Å². The van der Waals surface area contributed by atoms with Crippen LogP contribution in [-0.4, -0.2) is 40.7 Å². The Balaban J connectivity index is 0.000000199. The van der Waals surface area contributed by atoms with E-state index in [1.165, 1.54) is 45.7 Å². The lowest BCUT2D eigenvalue weighted by Crippen LogP contribution is -2.44. The predicted molar refractivity (Wildman–Crippen MR) is 298 cm³/mol. The molecule has 0 saturated carbocycles. The molecule has 1 unspecified atom stereocenters. The lowest BCUT2D eigenvalue weighted by Gasteiger charge is -2.32. The molecule has 1 aliphatic heterocycles. The number of urea groups is 1. The van der Waals surface area contributed by atoms with E-state index in [1.54, 1.807) is 78.9 Å². The number of hydrogen-bond donors (Lipinski definition) is 2. The number of isocyanates is 1. The molecule has 9 nitrogen and oxygen atoms in total. The van der Waals surface area contributed by atoms with E-state index in [1.807, 2.05) is 106 Å². The minimum atomic E-state index is -4.47. The molecule has 0 aliphatic carbocycles. The number of aryl methyl sites for hydroxylation is 4. The SMILES string of the molecule is Cc1ccc(N)cc1.Cc1ccc(N2C(=O)N(c3ccc(C(F)(F)F)cc3)CC2(O)c2ccccc2)cc1.Cc1ccc(N=C=O)cc1.O=C(CBr)c1ccccc1.O=C(CCc1ccc(C(F)(F)F)cc1)c1ccccc1. The number of nitrogen functional groups attached to an aromatic ring is 1. The Morgan fingerprint density at radius 2 is 1.00 bits per heavy atom. The van der Waals surface area contributed by atoms with Crippen molar-refractivity contribution in [3.63, 3.8) is 0 Å². The van der Waals surface area contributed by atoms with E-state index in [2.05, 4.69) is 20.9 Å². The number of carbonyl (C=O) groups excluding carboxylic acids is 4. The summed E-state index contributed by atoms with van der Waals surface area (Å²) in [6.07, 6.45) is -6.59. The van der Waals surface area contributed by atoms with Gasteiger partial charge in [0.05, 0.1) is 28.7 Å². The summed E-state index contributed by atoms with van der Waals surface area (Å²) in [5.74, 6) is 0.117. The number of amides is 2. The second-order valence-corrected chi connectivity index (χ2v) is 18.2. The first kappa shape index (κ1) is 60.4. The van der Waals surface area contributed by atoms with Gasteiger partial charge in [-0.25, -0.2) is 9.59 Å². The molecule has 402 valence electrons. The highest BCUT2D eigenvalue weighted by atomic mass is 79.9. The zero-order chi connectivity index (χ0) is 56.9. The van der Waals surface area contributed by atoms with Gasteiger partial charge in [0.15, 0.2) is 17.3 Å². The number of aliphatic hydroxyl groups is 1. The molecule has 8 aromatic carbocycles. The topological polar surface area (TPSA) is 133 Å². The first-order chi connectivity index (χ1) is 37.1. The highest BCUT2D eigenvalue weighted by molar-refractivity contribution is 9.09. The molecule has 1 fully saturated rings. The molecule has 78 heavy (non-hydrogen) atoms. The summed E-state index contributed by atoms with van der Waals surface area (Å²) in [5.41, 5.74) is 10.5. The highest BCUT2D eigenvalue weighted by Gasteiger charge is 2.51. The molecule has 0 bridgehead atoms. The standard InChI is InChI=1S/C23H19F3N2O2.C16H13F3O.C8H7BrO.C8H7NO.C7H9N/c1-16-7-11-20(12-8-16)28-21(29)27(15-22(28,30)17-5-3-2-4-6-17)19-13-9-18(10-14-19)23(24,25)26;17-16(18,19)14-9-6-12(7-10-14)8-11-15(20)13-4-2-1-3-5-13;9-6-8(10)7-4-2-1-3-5-7;1-7-2-4-8(5-3-7)9-6-10;1-6-2-4-7(8)5-3-6/h2-14,30H,15H2,1H3;1-7,9-10H,8,11H2;1-5H,6H2;2-5H,1H3;2-5H,8H2,1H3. The second-order valence-electron chi connectivity index (χ2n) is 17.6. The first-order valence-electron chi connectivity index (χ1n) is 24.1. The zero-order valence-corrected chi connectivity index (χ0v) is 44.3. The fourth-order valence-corrected chi connectivity index (χ4v) is 7.76. The maximum atomic E-state index is 13.3. The van der Waals surface area contributed by atoms with E-state index >= 15 is 0 Å². The second kappa shape index (κ2) is 28.6. The van der Waals surface area contributed by atoms with Gasteiger partial charge >= 0.3 is 18.4 Å². The van der Waals surface area contributed by atoms with Gasteiger partial charge in [-0.3, -0.25) is 19.4 Å². The molecular formula is C62H55BrF6N4O5. The number of ketones is 2. The average molecular weight is 1130 g/mol. The number of Topliss-reactive ketones (excluding diaryl/α,β-unsaturated/α-hetero) is 2. The van der Waals surface area contributed by atoms with E-state index in [4.69, 9.17) is 5.73 Å². The quantitative estimate of drug-likeness (QED) is 0.0350. The van der Waals surface area contributed by atoms with Crippen molar-refractivity contribution in [2.45, 2.75) is 51.7 Å². The average Bonchev–Trinajstić information content (AvgIpc) is 3.73. The molecule has 1 saturated heterocycles. The van der Waals surface area contributed by atoms with Gasteiger partial charge in [0, 0.05) is 40.2 Å². The molecule has 8 aromatic rings. The largest absolute Gasteiger partial charge is 0.416 e. The predicted octanol–water partition coefficient (Wildman–Crippen LogP) is 15.6. The van der Waals surface area contributed by atoms with E-state index in [9.17, 15) is 50.6 Å². The van der Waals surface area contributed by atoms with Crippen LogP contribution in [0.25, 0.3) is 0 Å². The summed E-state index contributed by atoms with van der Waals surface area (Å²) < 4.78 is 75.9. The molecule has 1 aliphatic rings. The summed E-state index contributed by atoms with van der Waals surface area (Å²) in [6, 6.07) is 57.8. The number of halogens is 7. The van der Waals surface area contributed by atoms with Crippen molar-refractivity contribution in [3.8, 4) is 0 Å². The van der Waals surface area contributed by atoms with Crippen molar-refractivity contribution in [1.82, 2.24) is 0 Å².